The number of carbonyl (C=O) groups is 1. The zero-order chi connectivity index (χ0) is 23.2. The molecule has 0 atom stereocenters. The van der Waals surface area contributed by atoms with E-state index in [0.717, 1.165) is 18.4 Å². The first kappa shape index (κ1) is 22.9. The van der Waals surface area contributed by atoms with Gasteiger partial charge in [0.25, 0.3) is 5.91 Å². The van der Waals surface area contributed by atoms with Crippen LogP contribution in [0.15, 0.2) is 54.7 Å². The highest BCUT2D eigenvalue weighted by Gasteiger charge is 2.20. The van der Waals surface area contributed by atoms with Crippen LogP contribution in [-0.2, 0) is 13.2 Å². The number of aromatic nitrogens is 1. The Kier molecular flexibility index (Phi) is 7.35. The fraction of sp³-hybridized carbons (Fsp3) is 0.333. The van der Waals surface area contributed by atoms with Crippen molar-refractivity contribution in [2.75, 3.05) is 6.61 Å². The van der Waals surface area contributed by atoms with Gasteiger partial charge in [-0.05, 0) is 67.1 Å². The van der Waals surface area contributed by atoms with Crippen LogP contribution in [-0.4, -0.2) is 22.6 Å². The van der Waals surface area contributed by atoms with Crippen molar-refractivity contribution >= 4 is 5.91 Å². The molecule has 0 unspecified atom stereocenters. The first-order valence-electron chi connectivity index (χ1n) is 11.4. The van der Waals surface area contributed by atoms with Crippen LogP contribution in [0.5, 0.6) is 5.75 Å². The van der Waals surface area contributed by atoms with Gasteiger partial charge < -0.3 is 15.2 Å². The number of carbonyl (C=O) groups excluding carboxylic acids is 1. The molecule has 0 bridgehead atoms. The van der Waals surface area contributed by atoms with Gasteiger partial charge >= 0.3 is 0 Å². The number of hydrogen-bond acceptors (Lipinski definition) is 4. The lowest BCUT2D eigenvalue weighted by Crippen LogP contribution is -2.24. The predicted octanol–water partition coefficient (Wildman–Crippen LogP) is 5.19. The molecular weight excluding hydrogens is 419 g/mol. The maximum Gasteiger partial charge on any atom is 0.255 e. The summed E-state index contributed by atoms with van der Waals surface area (Å²) in [4.78, 5) is 17.6. The van der Waals surface area contributed by atoms with Crippen molar-refractivity contribution in [2.45, 2.75) is 45.8 Å². The zero-order valence-corrected chi connectivity index (χ0v) is 18.8. The summed E-state index contributed by atoms with van der Waals surface area (Å²) < 4.78 is 20.0. The SMILES string of the molecule is Cc1ccc(CNC(=O)c2cc(-c3ncccc3CO)ccc2OCC2CCCC2)cc1F. The molecule has 1 amide bonds. The first-order chi connectivity index (χ1) is 16.0. The van der Waals surface area contributed by atoms with Crippen LogP contribution in [0.1, 0.15) is 52.7 Å². The summed E-state index contributed by atoms with van der Waals surface area (Å²) in [6.07, 6.45) is 6.39. The molecule has 0 saturated heterocycles. The average molecular weight is 449 g/mol. The highest BCUT2D eigenvalue weighted by molar-refractivity contribution is 5.98. The molecule has 5 nitrogen and oxygen atoms in total. The van der Waals surface area contributed by atoms with E-state index in [1.165, 1.54) is 18.9 Å². The van der Waals surface area contributed by atoms with Crippen molar-refractivity contribution in [3.8, 4) is 17.0 Å². The number of nitrogens with one attached hydrogen (secondary N) is 1. The molecule has 0 radical (unpaired) electrons. The molecule has 2 aromatic carbocycles. The number of halogens is 1. The number of ether oxygens (including phenoxy) is 1. The molecule has 3 aromatic rings. The first-order valence-corrected chi connectivity index (χ1v) is 11.4. The van der Waals surface area contributed by atoms with Crippen molar-refractivity contribution in [3.05, 3.63) is 82.8 Å². The van der Waals surface area contributed by atoms with E-state index in [0.29, 0.717) is 46.2 Å². The minimum absolute atomic E-state index is 0.149. The van der Waals surface area contributed by atoms with Crippen LogP contribution < -0.4 is 10.1 Å². The van der Waals surface area contributed by atoms with Crippen molar-refractivity contribution in [3.63, 3.8) is 0 Å². The second kappa shape index (κ2) is 10.6. The molecule has 1 heterocycles. The van der Waals surface area contributed by atoms with E-state index in [4.69, 9.17) is 4.74 Å². The fourth-order valence-corrected chi connectivity index (χ4v) is 4.22. The maximum atomic E-state index is 13.9. The highest BCUT2D eigenvalue weighted by atomic mass is 19.1. The Bertz CT molecular complexity index is 1130. The van der Waals surface area contributed by atoms with Crippen molar-refractivity contribution in [2.24, 2.45) is 5.92 Å². The number of benzene rings is 2. The Hall–Kier alpha value is -3.25. The van der Waals surface area contributed by atoms with Gasteiger partial charge in [-0.15, -0.1) is 0 Å². The van der Waals surface area contributed by atoms with E-state index < -0.39 is 0 Å². The predicted molar refractivity (Wildman–Crippen MR) is 125 cm³/mol. The monoisotopic (exact) mass is 448 g/mol. The van der Waals surface area contributed by atoms with Crippen molar-refractivity contribution in [1.29, 1.82) is 0 Å². The third-order valence-electron chi connectivity index (χ3n) is 6.20. The standard InChI is InChI=1S/C27H29FN2O3/c1-18-8-9-20(13-24(18)28)15-30-27(32)23-14-21(26-22(16-31)7-4-12-29-26)10-11-25(23)33-17-19-5-2-3-6-19/h4,7-14,19,31H,2-3,5-6,15-17H2,1H3,(H,30,32). The normalized spacial score (nSPS) is 13.8. The quantitative estimate of drug-likeness (QED) is 0.498. The molecule has 1 aliphatic carbocycles. The molecule has 1 fully saturated rings. The smallest absolute Gasteiger partial charge is 0.255 e. The van der Waals surface area contributed by atoms with Gasteiger partial charge in [0, 0.05) is 23.9 Å². The van der Waals surface area contributed by atoms with E-state index in [2.05, 4.69) is 10.3 Å². The lowest BCUT2D eigenvalue weighted by atomic mass is 10.0. The number of amides is 1. The largest absolute Gasteiger partial charge is 0.492 e. The molecule has 33 heavy (non-hydrogen) atoms. The van der Waals surface area contributed by atoms with Gasteiger partial charge in [0.1, 0.15) is 11.6 Å². The Morgan fingerprint density at radius 2 is 2.00 bits per heavy atom. The number of pyridine rings is 1. The molecule has 4 rings (SSSR count). The van der Waals surface area contributed by atoms with Crippen LogP contribution in [0.4, 0.5) is 4.39 Å². The fourth-order valence-electron chi connectivity index (χ4n) is 4.22. The van der Waals surface area contributed by atoms with Gasteiger partial charge in [-0.2, -0.15) is 0 Å². The van der Waals surface area contributed by atoms with Crippen LogP contribution in [0.2, 0.25) is 0 Å². The van der Waals surface area contributed by atoms with Crippen LogP contribution >= 0.6 is 0 Å². The Balaban J connectivity index is 1.59. The minimum Gasteiger partial charge on any atom is -0.492 e. The summed E-state index contributed by atoms with van der Waals surface area (Å²) in [6, 6.07) is 13.9. The van der Waals surface area contributed by atoms with E-state index in [-0.39, 0.29) is 24.9 Å². The molecule has 0 spiro atoms. The highest BCUT2D eigenvalue weighted by Crippen LogP contribution is 2.30. The molecular formula is C27H29FN2O3. The van der Waals surface area contributed by atoms with E-state index in [9.17, 15) is 14.3 Å². The average Bonchev–Trinajstić information content (AvgIpc) is 3.37. The summed E-state index contributed by atoms with van der Waals surface area (Å²) in [5.74, 6) is 0.421. The van der Waals surface area contributed by atoms with Gasteiger partial charge in [0.15, 0.2) is 0 Å². The number of aliphatic hydroxyl groups excluding tert-OH is 1. The third kappa shape index (κ3) is 5.57. The third-order valence-corrected chi connectivity index (χ3v) is 6.20. The van der Waals surface area contributed by atoms with Crippen LogP contribution in [0.25, 0.3) is 11.3 Å². The van der Waals surface area contributed by atoms with E-state index >= 15 is 0 Å². The zero-order valence-electron chi connectivity index (χ0n) is 18.8. The van der Waals surface area contributed by atoms with Gasteiger partial charge in [-0.25, -0.2) is 4.39 Å². The second-order valence-electron chi connectivity index (χ2n) is 8.61. The number of aryl methyl sites for hydroxylation is 1. The lowest BCUT2D eigenvalue weighted by molar-refractivity contribution is 0.0945. The molecule has 1 aromatic heterocycles. The summed E-state index contributed by atoms with van der Waals surface area (Å²) in [5, 5.41) is 12.6. The summed E-state index contributed by atoms with van der Waals surface area (Å²) in [6.45, 7) is 2.33. The Morgan fingerprint density at radius 3 is 2.76 bits per heavy atom. The Morgan fingerprint density at radius 1 is 1.18 bits per heavy atom. The molecule has 172 valence electrons. The summed E-state index contributed by atoms with van der Waals surface area (Å²) in [5.41, 5.74) is 3.67. The summed E-state index contributed by atoms with van der Waals surface area (Å²) >= 11 is 0. The maximum absolute atomic E-state index is 13.9. The molecule has 1 saturated carbocycles. The molecule has 1 aliphatic rings. The Labute approximate surface area is 193 Å². The number of hydrogen-bond donors (Lipinski definition) is 2. The van der Waals surface area contributed by atoms with Gasteiger partial charge in [-0.1, -0.05) is 31.0 Å². The second-order valence-corrected chi connectivity index (χ2v) is 8.61. The topological polar surface area (TPSA) is 71.5 Å². The number of rotatable bonds is 8. The van der Waals surface area contributed by atoms with Gasteiger partial charge in [0.2, 0.25) is 0 Å². The van der Waals surface area contributed by atoms with E-state index in [1.54, 1.807) is 49.5 Å². The van der Waals surface area contributed by atoms with Crippen molar-refractivity contribution in [1.82, 2.24) is 10.3 Å². The number of aliphatic hydroxyl groups is 1. The molecule has 2 N–H and O–H groups in total. The van der Waals surface area contributed by atoms with Crippen LogP contribution in [0.3, 0.4) is 0 Å². The lowest BCUT2D eigenvalue weighted by Gasteiger charge is -2.16. The molecule has 0 aliphatic heterocycles. The number of nitrogens with zero attached hydrogens (tertiary/aromatic N) is 1. The van der Waals surface area contributed by atoms with Crippen molar-refractivity contribution < 1.29 is 19.0 Å². The van der Waals surface area contributed by atoms with E-state index in [1.807, 2.05) is 6.07 Å². The summed E-state index contributed by atoms with van der Waals surface area (Å²) in [7, 11) is 0. The molecule has 6 heteroatoms. The van der Waals surface area contributed by atoms with Gasteiger partial charge in [-0.3, -0.25) is 9.78 Å². The van der Waals surface area contributed by atoms with Gasteiger partial charge in [0.05, 0.1) is 24.5 Å². The minimum atomic E-state index is -0.305. The van der Waals surface area contributed by atoms with Crippen LogP contribution in [0, 0.1) is 18.7 Å².